The number of rotatable bonds is 2. The molecule has 0 aromatic heterocycles. The second-order valence-corrected chi connectivity index (χ2v) is 188. The molecule has 694 valence electrons. The molecular formula is C16H13NS102. The van der Waals surface area contributed by atoms with Gasteiger partial charge in [-0.2, -0.15) is 0 Å². The number of hydrogen-bond donors (Lipinski definition) is 1. The molecule has 0 bridgehead atoms. The lowest BCUT2D eigenvalue weighted by atomic mass is 10.1. The minimum Gasteiger partial charge on any atom is -0.355 e. The van der Waals surface area contributed by atoms with Gasteiger partial charge in [0.05, 0.1) is 0 Å². The van der Waals surface area contributed by atoms with E-state index in [0.717, 1.165) is 11.4 Å². The molecule has 0 radical (unpaired) electrons. The minimum absolute atomic E-state index is 1.11. The number of nitrogens with one attached hydrogen (secondary N) is 1. The number of benzene rings is 3. The van der Waals surface area contributed by atoms with Crippen LogP contribution in [0.5, 0.6) is 0 Å². The fourth-order valence-electron chi connectivity index (χ4n) is 3.12. The van der Waals surface area contributed by atoms with Crippen LogP contribution in [0.25, 0.3) is 10.8 Å². The van der Waals surface area contributed by atoms with E-state index in [1.165, 1.54) is 28.5 Å². The van der Waals surface area contributed by atoms with Crippen LogP contribution in [-0.4, -0.2) is 0 Å². The normalized spacial score (nSPS) is 8.24. The molecule has 0 aliphatic rings. The molecule has 0 amide bonds. The molecule has 119 heavy (non-hydrogen) atoms. The van der Waals surface area contributed by atoms with Crippen LogP contribution in [-0.2, 0) is 910 Å². The lowest BCUT2D eigenvalue weighted by Crippen LogP contribution is -1.90. The number of anilines is 2. The van der Waals surface area contributed by atoms with Crippen LogP contribution < -0.4 is 5.32 Å². The maximum atomic E-state index is 4.83. The van der Waals surface area contributed by atoms with Crippen LogP contribution in [0.15, 0.2) is 72.8 Å². The molecule has 0 atom stereocenters. The summed E-state index contributed by atoms with van der Waals surface area (Å²) in [5, 5.41) is 5.95. The van der Waals surface area contributed by atoms with Crippen LogP contribution in [0.4, 0.5) is 11.4 Å². The van der Waals surface area contributed by atoms with Gasteiger partial charge in [0, 0.05) is 927 Å². The molecule has 3 aromatic carbocycles. The zero-order chi connectivity index (χ0) is 84.2. The van der Waals surface area contributed by atoms with E-state index in [2.05, 4.69) is 59.9 Å². The summed E-state index contributed by atoms with van der Waals surface area (Å²) < 4.78 is 0. The Hall–Kier alpha value is 20.2. The summed E-state index contributed by atoms with van der Waals surface area (Å²) in [6, 6.07) is 25.0. The average molecular weight is 3490 g/mol. The van der Waals surface area contributed by atoms with E-state index in [4.69, 9.17) is 22.4 Å². The molecule has 0 aliphatic heterocycles. The summed E-state index contributed by atoms with van der Waals surface area (Å²) in [5.41, 5.74) is 2.26. The van der Waals surface area contributed by atoms with Gasteiger partial charge in [-0.15, -0.1) is 0 Å². The molecule has 0 fully saturated rings. The average Bonchev–Trinajstić information content (AvgIpc) is 0.826. The molecule has 0 saturated carbocycles. The predicted octanol–water partition coefficient (Wildman–Crippen LogP) is 4.34. The first kappa shape index (κ1) is 135. The van der Waals surface area contributed by atoms with Crippen LogP contribution in [0, 0.1) is 0 Å². The van der Waals surface area contributed by atoms with E-state index in [9.17, 15) is 0 Å². The SMILES string of the molecule is S=S=S=S=S=S=S=S=S=S=S=S=S=S=S=S=S=S=S=S=S=S=S=S=S=S=S=S=S=S=S=S=S=S=S=S=S=S=S=S=S=S=S=S=S=S=S=S=S=S=S=S=S=S=S=S=S=S=S=S=S=S=S=S=S=S=S=S=S=S=S=S=S=S=S=S=S=S=S=S=S=S=S=S=S=S=S=S=S=S=S=S=S=S=S=S=S=S=S=S=S=S.c1ccc(Nc2cccc3ccccc23)cc1. The minimum atomic E-state index is 1.11. The number of fused-ring (bicyclic) bond motifs is 1. The largest absolute Gasteiger partial charge is 0.355 e. The van der Waals surface area contributed by atoms with Crippen LogP contribution in [0.2, 0.25) is 0 Å². The molecule has 3 rings (SSSR count). The first-order valence-electron chi connectivity index (χ1n) is 22.6. The smallest absolute Gasteiger partial charge is 0.0463 e. The summed E-state index contributed by atoms with van der Waals surface area (Å²) in [6.07, 6.45) is 0. The second kappa shape index (κ2) is 123. The first-order valence-corrected chi connectivity index (χ1v) is 157. The Bertz CT molecular complexity index is 8920. The molecule has 0 saturated heterocycles. The molecule has 0 spiro atoms. The summed E-state index contributed by atoms with van der Waals surface area (Å²) in [4.78, 5) is 0. The number of hydrogen-bond acceptors (Lipinski definition) is 3. The summed E-state index contributed by atoms with van der Waals surface area (Å²) in [5.74, 6) is 0. The van der Waals surface area contributed by atoms with Gasteiger partial charge in [-0.3, -0.25) is 0 Å². The highest BCUT2D eigenvalue weighted by Gasteiger charge is 1.99. The van der Waals surface area contributed by atoms with Crippen molar-refractivity contribution in [3.8, 4) is 0 Å². The van der Waals surface area contributed by atoms with Crippen molar-refractivity contribution in [1.82, 2.24) is 0 Å². The highest BCUT2D eigenvalue weighted by molar-refractivity contribution is 8.87. The Morgan fingerprint density at radius 2 is 0.252 bits per heavy atom. The van der Waals surface area contributed by atoms with Crippen molar-refractivity contribution in [1.29, 1.82) is 0 Å². The van der Waals surface area contributed by atoms with E-state index >= 15 is 0 Å². The van der Waals surface area contributed by atoms with Gasteiger partial charge in [0.25, 0.3) is 0 Å². The quantitative estimate of drug-likeness (QED) is 0.411. The molecule has 103 heteroatoms. The lowest BCUT2D eigenvalue weighted by Gasteiger charge is -2.09. The van der Waals surface area contributed by atoms with Crippen LogP contribution in [0.1, 0.15) is 0 Å². The van der Waals surface area contributed by atoms with E-state index < -0.39 is 0 Å². The monoisotopic (exact) mass is 3480 g/mol. The second-order valence-electron chi connectivity index (χ2n) is 10.8. The maximum absolute atomic E-state index is 4.83. The zero-order valence-electron chi connectivity index (χ0n) is 51.1. The van der Waals surface area contributed by atoms with Crippen molar-refractivity contribution in [2.75, 3.05) is 5.32 Å². The van der Waals surface area contributed by atoms with Crippen molar-refractivity contribution < 1.29 is 0 Å². The van der Waals surface area contributed by atoms with E-state index in [-0.39, 0.29) is 0 Å². The highest BCUT2D eigenvalue weighted by Crippen LogP contribution is 2.26. The van der Waals surface area contributed by atoms with E-state index in [1.807, 2.05) is 782 Å². The molecule has 1 N–H and O–H groups in total. The fraction of sp³-hybridized carbons (Fsp3) is 0. The Morgan fingerprint density at radius 3 is 0.403 bits per heavy atom. The van der Waals surface area contributed by atoms with E-state index in [0.29, 0.717) is 0 Å². The lowest BCUT2D eigenvalue weighted by molar-refractivity contribution is 1.58. The fourth-order valence-corrected chi connectivity index (χ4v) is 272. The third-order valence-corrected chi connectivity index (χ3v) is 226. The Kier molecular flexibility index (Phi) is 140. The molecule has 0 aliphatic carbocycles. The highest BCUT2D eigenvalue weighted by atomic mass is 33.6. The summed E-state index contributed by atoms with van der Waals surface area (Å²) >= 11 is 9.66. The van der Waals surface area contributed by atoms with Gasteiger partial charge < -0.3 is 5.32 Å². The van der Waals surface area contributed by atoms with Crippen LogP contribution in [0.3, 0.4) is 0 Å². The number of para-hydroxylation sites is 1. The van der Waals surface area contributed by atoms with Crippen molar-refractivity contribution in [2.24, 2.45) is 0 Å². The van der Waals surface area contributed by atoms with Gasteiger partial charge in [-0.05, 0) is 23.6 Å². The van der Waals surface area contributed by atoms with Crippen LogP contribution >= 0.6 is 0 Å². The molecule has 1 nitrogen and oxygen atoms in total. The first-order chi connectivity index (χ1) is 59.3. The standard InChI is InChI=1S/C16H13N.S102/c1-2-9-14(10-3-1)17-16-12-6-8-13-7-4-5-11-15(13)16;1-3-5-7-9-11-13-15-17-19-21-23-25-27-29-31-33-35-37-39-41-43-45-47-49-51-53-55-57-59-61-63-65-67-69-71-73-75-77-79-81-83-85-87-89-91-93-95-97-99-101-102-100-98-96-94-92-90-88-86-84-82-80-78-76-74-72-70-68-66-64-62-60-58-56-54-52-50-48-46-44-42-40-38-36-34-32-30-28-26-24-22-20-18-16-14-12-10-8-6-4-2/h1-12,17H;. The van der Waals surface area contributed by atoms with Crippen molar-refractivity contribution in [3.05, 3.63) is 72.8 Å². The Morgan fingerprint density at radius 1 is 0.126 bits per heavy atom. The van der Waals surface area contributed by atoms with Gasteiger partial charge >= 0.3 is 0 Å². The molecular weight excluding hydrogens is 3480 g/mol. The summed E-state index contributed by atoms with van der Waals surface area (Å²) in [6.45, 7) is 0. The molecule has 0 unspecified atom stereocenters. The Balaban J connectivity index is 0.00000245. The van der Waals surface area contributed by atoms with Gasteiger partial charge in [-0.1, -0.05) is 54.6 Å². The van der Waals surface area contributed by atoms with E-state index in [1.54, 1.807) is 107 Å². The third-order valence-electron chi connectivity index (χ3n) is 5.59. The van der Waals surface area contributed by atoms with Gasteiger partial charge in [0.1, 0.15) is 0 Å². The van der Waals surface area contributed by atoms with Gasteiger partial charge in [0.2, 0.25) is 0 Å². The van der Waals surface area contributed by atoms with Crippen molar-refractivity contribution in [2.45, 2.75) is 0 Å². The maximum Gasteiger partial charge on any atom is 0.0463 e. The molecule has 0 heterocycles. The van der Waals surface area contributed by atoms with Crippen molar-refractivity contribution in [3.63, 3.8) is 0 Å². The van der Waals surface area contributed by atoms with Gasteiger partial charge in [-0.25, -0.2) is 0 Å². The van der Waals surface area contributed by atoms with Gasteiger partial charge in [0.15, 0.2) is 0 Å². The molecule has 3 aromatic rings. The third kappa shape index (κ3) is 111. The topological polar surface area (TPSA) is 12.0 Å². The Labute approximate surface area is 980 Å². The predicted molar refractivity (Wildman–Crippen MR) is 825 cm³/mol. The van der Waals surface area contributed by atoms with Crippen molar-refractivity contribution >= 4 is 933 Å². The zero-order valence-corrected chi connectivity index (χ0v) is 134. The summed E-state index contributed by atoms with van der Waals surface area (Å²) in [7, 11) is 181.